The number of nitrogens with one attached hydrogen (secondary N) is 1. The van der Waals surface area contributed by atoms with Gasteiger partial charge in [-0.05, 0) is 42.2 Å². The topological polar surface area (TPSA) is 64.4 Å². The zero-order valence-electron chi connectivity index (χ0n) is 14.6. The van der Waals surface area contributed by atoms with Crippen LogP contribution in [0.3, 0.4) is 0 Å². The first-order chi connectivity index (χ1) is 12.7. The summed E-state index contributed by atoms with van der Waals surface area (Å²) in [5, 5.41) is 13.7. The van der Waals surface area contributed by atoms with Crippen molar-refractivity contribution < 1.29 is 9.47 Å². The molecule has 0 radical (unpaired) electrons. The van der Waals surface area contributed by atoms with E-state index in [0.717, 1.165) is 17.8 Å². The molecule has 0 atom stereocenters. The fourth-order valence-corrected chi connectivity index (χ4v) is 3.30. The normalized spacial score (nSPS) is 11.2. The minimum Gasteiger partial charge on any atom is -0.493 e. The number of hydrogen-bond acceptors (Lipinski definition) is 6. The minimum absolute atomic E-state index is 0.451. The molecule has 0 saturated heterocycles. The van der Waals surface area contributed by atoms with Crippen LogP contribution in [-0.4, -0.2) is 34.8 Å². The third-order valence-corrected chi connectivity index (χ3v) is 4.76. The number of para-hydroxylation sites is 1. The Balaban J connectivity index is 1.91. The molecule has 0 aliphatic carbocycles. The number of thiophene rings is 1. The molecule has 6 nitrogen and oxygen atoms in total. The largest absolute Gasteiger partial charge is 0.493 e. The molecule has 0 fully saturated rings. The fraction of sp³-hybridized carbons (Fsp3) is 0.278. The van der Waals surface area contributed by atoms with Crippen LogP contribution in [0, 0.1) is 4.77 Å². The Hall–Kier alpha value is -2.45. The summed E-state index contributed by atoms with van der Waals surface area (Å²) in [5.74, 6) is 2.11. The number of methoxy groups -OCH3 is 1. The van der Waals surface area contributed by atoms with Crippen LogP contribution >= 0.6 is 23.6 Å². The van der Waals surface area contributed by atoms with Crippen molar-refractivity contribution in [2.75, 3.05) is 13.7 Å². The standard InChI is InChI=1S/C18H20N4O2S2/c1-3-9-24-17-13(6-4-8-15(17)23-2)12-19-22-16(20-21-18(22)25)11-14-7-5-10-26-14/h4-8,10,12H,3,9,11H2,1-2H3,(H,21,25)/b19-12-. The summed E-state index contributed by atoms with van der Waals surface area (Å²) in [6.45, 7) is 2.67. The maximum atomic E-state index is 5.85. The Morgan fingerprint density at radius 2 is 2.23 bits per heavy atom. The zero-order valence-corrected chi connectivity index (χ0v) is 16.3. The second-order valence-electron chi connectivity index (χ2n) is 5.48. The van der Waals surface area contributed by atoms with Crippen molar-refractivity contribution in [2.24, 2.45) is 5.10 Å². The van der Waals surface area contributed by atoms with Crippen LogP contribution in [-0.2, 0) is 6.42 Å². The molecule has 0 aliphatic heterocycles. The highest BCUT2D eigenvalue weighted by atomic mass is 32.1. The predicted octanol–water partition coefficient (Wildman–Crippen LogP) is 4.27. The lowest BCUT2D eigenvalue weighted by Gasteiger charge is -2.12. The highest BCUT2D eigenvalue weighted by Crippen LogP contribution is 2.30. The van der Waals surface area contributed by atoms with Crippen molar-refractivity contribution in [1.29, 1.82) is 0 Å². The van der Waals surface area contributed by atoms with E-state index in [4.69, 9.17) is 21.7 Å². The molecule has 2 heterocycles. The van der Waals surface area contributed by atoms with Gasteiger partial charge in [-0.25, -0.2) is 0 Å². The second-order valence-corrected chi connectivity index (χ2v) is 6.90. The van der Waals surface area contributed by atoms with Crippen molar-refractivity contribution in [1.82, 2.24) is 14.9 Å². The summed E-state index contributed by atoms with van der Waals surface area (Å²) in [6.07, 6.45) is 3.29. The van der Waals surface area contributed by atoms with Gasteiger partial charge >= 0.3 is 0 Å². The first kappa shape index (κ1) is 18.3. The number of benzene rings is 1. The first-order valence-corrected chi connectivity index (χ1v) is 9.54. The van der Waals surface area contributed by atoms with Crippen LogP contribution in [0.1, 0.15) is 29.6 Å². The van der Waals surface area contributed by atoms with Crippen molar-refractivity contribution in [3.8, 4) is 11.5 Å². The van der Waals surface area contributed by atoms with Crippen LogP contribution in [0.25, 0.3) is 0 Å². The molecule has 1 N–H and O–H groups in total. The summed E-state index contributed by atoms with van der Waals surface area (Å²) in [7, 11) is 1.63. The Bertz CT molecular complexity index is 929. The molecule has 136 valence electrons. The third-order valence-electron chi connectivity index (χ3n) is 3.62. The number of ether oxygens (including phenoxy) is 2. The van der Waals surface area contributed by atoms with Gasteiger partial charge in [0.2, 0.25) is 4.77 Å². The number of nitrogens with zero attached hydrogens (tertiary/aromatic N) is 3. The van der Waals surface area contributed by atoms with Gasteiger partial charge in [-0.1, -0.05) is 19.1 Å². The molecule has 1 aromatic carbocycles. The molecular formula is C18H20N4O2S2. The first-order valence-electron chi connectivity index (χ1n) is 8.25. The van der Waals surface area contributed by atoms with Crippen LogP contribution in [0.15, 0.2) is 40.8 Å². The number of hydrogen-bond donors (Lipinski definition) is 1. The van der Waals surface area contributed by atoms with Gasteiger partial charge in [-0.3, -0.25) is 5.10 Å². The summed E-state index contributed by atoms with van der Waals surface area (Å²) in [4.78, 5) is 1.20. The zero-order chi connectivity index (χ0) is 18.4. The lowest BCUT2D eigenvalue weighted by Crippen LogP contribution is -2.03. The molecule has 0 amide bonds. The maximum absolute atomic E-state index is 5.85. The maximum Gasteiger partial charge on any atom is 0.216 e. The number of aromatic amines is 1. The van der Waals surface area contributed by atoms with Crippen molar-refractivity contribution in [3.05, 3.63) is 56.7 Å². The van der Waals surface area contributed by atoms with E-state index in [1.807, 2.05) is 29.6 Å². The molecule has 3 aromatic rings. The van der Waals surface area contributed by atoms with Crippen LogP contribution in [0.2, 0.25) is 0 Å². The lowest BCUT2D eigenvalue weighted by atomic mass is 10.2. The molecule has 0 spiro atoms. The molecule has 3 rings (SSSR count). The van der Waals surface area contributed by atoms with Gasteiger partial charge < -0.3 is 9.47 Å². The third kappa shape index (κ3) is 4.20. The van der Waals surface area contributed by atoms with E-state index >= 15 is 0 Å². The fourth-order valence-electron chi connectivity index (χ4n) is 2.40. The van der Waals surface area contributed by atoms with E-state index in [0.29, 0.717) is 29.3 Å². The molecule has 0 unspecified atom stereocenters. The minimum atomic E-state index is 0.451. The molecular weight excluding hydrogens is 368 g/mol. The Labute approximate surface area is 161 Å². The smallest absolute Gasteiger partial charge is 0.216 e. The molecule has 0 aliphatic rings. The van der Waals surface area contributed by atoms with Gasteiger partial charge in [0.1, 0.15) is 0 Å². The number of H-pyrrole nitrogens is 1. The van der Waals surface area contributed by atoms with Gasteiger partial charge in [-0.2, -0.15) is 14.9 Å². The highest BCUT2D eigenvalue weighted by molar-refractivity contribution is 7.71. The second kappa shape index (κ2) is 8.77. The van der Waals surface area contributed by atoms with Crippen LogP contribution in [0.5, 0.6) is 11.5 Å². The Morgan fingerprint density at radius 3 is 2.96 bits per heavy atom. The molecule has 2 aromatic heterocycles. The van der Waals surface area contributed by atoms with Crippen LogP contribution < -0.4 is 9.47 Å². The summed E-state index contributed by atoms with van der Waals surface area (Å²) in [6, 6.07) is 9.78. The van der Waals surface area contributed by atoms with Crippen molar-refractivity contribution in [3.63, 3.8) is 0 Å². The van der Waals surface area contributed by atoms with E-state index in [2.05, 4.69) is 28.3 Å². The van der Waals surface area contributed by atoms with E-state index in [1.165, 1.54) is 4.88 Å². The molecule has 26 heavy (non-hydrogen) atoms. The summed E-state index contributed by atoms with van der Waals surface area (Å²) < 4.78 is 13.3. The van der Waals surface area contributed by atoms with E-state index in [9.17, 15) is 0 Å². The van der Waals surface area contributed by atoms with Crippen molar-refractivity contribution >= 4 is 29.8 Å². The Morgan fingerprint density at radius 1 is 1.35 bits per heavy atom. The average molecular weight is 389 g/mol. The number of rotatable bonds is 8. The van der Waals surface area contributed by atoms with Gasteiger partial charge in [0, 0.05) is 16.9 Å². The lowest BCUT2D eigenvalue weighted by molar-refractivity contribution is 0.294. The van der Waals surface area contributed by atoms with E-state index < -0.39 is 0 Å². The van der Waals surface area contributed by atoms with Crippen LogP contribution in [0.4, 0.5) is 0 Å². The van der Waals surface area contributed by atoms with Gasteiger partial charge in [0.25, 0.3) is 0 Å². The SMILES string of the molecule is CCCOc1c(/C=N\n2c(Cc3cccs3)n[nH]c2=S)cccc1OC. The van der Waals surface area contributed by atoms with Gasteiger partial charge in [0.05, 0.1) is 19.9 Å². The monoisotopic (exact) mass is 388 g/mol. The van der Waals surface area contributed by atoms with E-state index in [1.54, 1.807) is 29.3 Å². The van der Waals surface area contributed by atoms with Crippen molar-refractivity contribution in [2.45, 2.75) is 19.8 Å². The molecule has 0 saturated carbocycles. The molecule has 8 heteroatoms. The summed E-state index contributed by atoms with van der Waals surface area (Å²) >= 11 is 6.99. The van der Waals surface area contributed by atoms with Gasteiger partial charge in [-0.15, -0.1) is 11.3 Å². The molecule has 0 bridgehead atoms. The van der Waals surface area contributed by atoms with E-state index in [-0.39, 0.29) is 0 Å². The quantitative estimate of drug-likeness (QED) is 0.462. The number of aromatic nitrogens is 3. The van der Waals surface area contributed by atoms with Gasteiger partial charge in [0.15, 0.2) is 17.3 Å². The Kier molecular flexibility index (Phi) is 6.19. The highest BCUT2D eigenvalue weighted by Gasteiger charge is 2.10. The average Bonchev–Trinajstić information content (AvgIpc) is 3.29. The summed E-state index contributed by atoms with van der Waals surface area (Å²) in [5.41, 5.74) is 0.822. The predicted molar refractivity (Wildman–Crippen MR) is 106 cm³/mol.